The van der Waals surface area contributed by atoms with Gasteiger partial charge in [-0.2, -0.15) is 26.3 Å². The normalized spacial score (nSPS) is 11.0. The van der Waals surface area contributed by atoms with Gasteiger partial charge in [0.15, 0.2) is 0 Å². The van der Waals surface area contributed by atoms with Gasteiger partial charge < -0.3 is 4.74 Å². The average Bonchev–Trinajstić information content (AvgIpc) is 0.718. The largest absolute Gasteiger partial charge is 0.457 e. The number of aryl methyl sites for hydroxylation is 12. The van der Waals surface area contributed by atoms with Gasteiger partial charge in [0, 0.05) is 16.2 Å². The minimum Gasteiger partial charge on any atom is -0.457 e. The molecule has 528 valence electrons. The summed E-state index contributed by atoms with van der Waals surface area (Å²) in [6, 6.07) is 84.7. The minimum atomic E-state index is -5.53. The Bertz CT molecular complexity index is 3890. The molecule has 0 amide bonds. The topological polar surface area (TPSA) is 9.23 Å². The number of alkyl halides is 6. The summed E-state index contributed by atoms with van der Waals surface area (Å²) in [6.07, 6.45) is -8.40. The molecule has 0 unspecified atom stereocenters. The van der Waals surface area contributed by atoms with E-state index in [-0.39, 0.29) is 0 Å². The van der Waals surface area contributed by atoms with Crippen LogP contribution in [0.1, 0.15) is 111 Å². The molecule has 0 aliphatic carbocycles. The van der Waals surface area contributed by atoms with Crippen molar-refractivity contribution >= 4 is 58.2 Å². The molecule has 0 spiro atoms. The Morgan fingerprint density at radius 2 is 0.471 bits per heavy atom. The molecule has 12 heteroatoms. The van der Waals surface area contributed by atoms with Gasteiger partial charge in [0.2, 0.25) is 5.41 Å². The highest BCUT2D eigenvalue weighted by molar-refractivity contribution is 7.99. The Hall–Kier alpha value is -8.47. The first kappa shape index (κ1) is 80.8. The van der Waals surface area contributed by atoms with Crippen LogP contribution < -0.4 is 4.74 Å². The molecule has 0 bridgehead atoms. The summed E-state index contributed by atoms with van der Waals surface area (Å²) in [5, 5.41) is 2.34. The maximum Gasteiger partial charge on any atom is 0.411 e. The summed E-state index contributed by atoms with van der Waals surface area (Å²) in [7, 11) is 0. The Balaban J connectivity index is 0.000000173. The van der Waals surface area contributed by atoms with E-state index in [9.17, 15) is 26.3 Å². The number of hydrogen-bond donors (Lipinski definition) is 0. The van der Waals surface area contributed by atoms with Crippen LogP contribution >= 0.6 is 58.2 Å². The molecule has 0 fully saturated rings. The lowest BCUT2D eigenvalue weighted by atomic mass is 9.72. The van der Waals surface area contributed by atoms with Gasteiger partial charge in [0.25, 0.3) is 0 Å². The van der Waals surface area contributed by atoms with Crippen molar-refractivity contribution in [1.29, 1.82) is 0 Å². The molecule has 0 heterocycles. The lowest BCUT2D eigenvalue weighted by Crippen LogP contribution is -2.54. The van der Waals surface area contributed by atoms with Crippen LogP contribution in [0.2, 0.25) is 20.1 Å². The summed E-state index contributed by atoms with van der Waals surface area (Å²) in [4.78, 5) is 2.59. The third-order valence-corrected chi connectivity index (χ3v) is 19.8. The second kappa shape index (κ2) is 38.2. The van der Waals surface area contributed by atoms with Crippen molar-refractivity contribution in [2.75, 3.05) is 0 Å². The van der Waals surface area contributed by atoms with E-state index in [1.54, 1.807) is 25.6 Å². The van der Waals surface area contributed by atoms with E-state index >= 15 is 0 Å². The molecule has 12 aromatic rings. The number of rotatable bonds is 12. The first-order valence-corrected chi connectivity index (χ1v) is 35.7. The maximum absolute atomic E-state index is 13.7. The van der Waals surface area contributed by atoms with E-state index in [4.69, 9.17) is 51.1 Å². The molecule has 0 saturated carbocycles. The van der Waals surface area contributed by atoms with Crippen molar-refractivity contribution < 1.29 is 31.1 Å². The molecular formula is C90H86Cl4F6OS. The average molecular weight is 1470 g/mol. The fourth-order valence-corrected chi connectivity index (χ4v) is 12.2. The lowest BCUT2D eigenvalue weighted by Gasteiger charge is -2.38. The molecule has 102 heavy (non-hydrogen) atoms. The van der Waals surface area contributed by atoms with E-state index in [0.717, 1.165) is 70.9 Å². The van der Waals surface area contributed by atoms with E-state index < -0.39 is 28.9 Å². The third kappa shape index (κ3) is 24.3. The molecule has 12 aromatic carbocycles. The van der Waals surface area contributed by atoms with Gasteiger partial charge in [-0.15, -0.1) is 0 Å². The van der Waals surface area contributed by atoms with Crippen LogP contribution in [-0.4, -0.2) is 12.4 Å². The molecule has 0 N–H and O–H groups in total. The smallest absolute Gasteiger partial charge is 0.411 e. The zero-order chi connectivity index (χ0) is 74.3. The van der Waals surface area contributed by atoms with Gasteiger partial charge in [-0.25, -0.2) is 0 Å². The summed E-state index contributed by atoms with van der Waals surface area (Å²) in [6.45, 7) is 23.9. The summed E-state index contributed by atoms with van der Waals surface area (Å²) in [5.41, 5.74) is 15.1. The Morgan fingerprint density at radius 1 is 0.255 bits per heavy atom. The molecule has 0 aromatic heterocycles. The Labute approximate surface area is 624 Å². The zero-order valence-corrected chi connectivity index (χ0v) is 63.5. The number of ether oxygens (including phenoxy) is 1. The second-order valence-electron chi connectivity index (χ2n) is 25.7. The van der Waals surface area contributed by atoms with Crippen LogP contribution in [0.4, 0.5) is 26.3 Å². The molecule has 0 aliphatic heterocycles. The number of halogens is 10. The van der Waals surface area contributed by atoms with Gasteiger partial charge in [0.1, 0.15) is 11.5 Å². The Morgan fingerprint density at radius 3 is 0.706 bits per heavy atom. The first-order chi connectivity index (χ1) is 48.4. The second-order valence-corrected chi connectivity index (χ2v) is 28.4. The van der Waals surface area contributed by atoms with Crippen LogP contribution in [-0.2, 0) is 24.7 Å². The molecule has 12 rings (SSSR count). The van der Waals surface area contributed by atoms with E-state index in [1.807, 2.05) is 86.6 Å². The van der Waals surface area contributed by atoms with Gasteiger partial charge in [-0.3, -0.25) is 0 Å². The lowest BCUT2D eigenvalue weighted by molar-refractivity contribution is -0.288. The molecule has 0 radical (unpaired) electrons. The van der Waals surface area contributed by atoms with E-state index in [2.05, 4.69) is 201 Å². The molecule has 0 atom stereocenters. The van der Waals surface area contributed by atoms with Crippen molar-refractivity contribution in [3.8, 4) is 11.5 Å². The first-order valence-electron chi connectivity index (χ1n) is 33.4. The maximum atomic E-state index is 13.7. The zero-order valence-electron chi connectivity index (χ0n) is 59.6. The van der Waals surface area contributed by atoms with Crippen LogP contribution in [0, 0.1) is 83.1 Å². The van der Waals surface area contributed by atoms with Crippen molar-refractivity contribution in [2.24, 2.45) is 0 Å². The van der Waals surface area contributed by atoms with Gasteiger partial charge in [-0.1, -0.05) is 332 Å². The van der Waals surface area contributed by atoms with Crippen molar-refractivity contribution in [3.63, 3.8) is 0 Å². The Kier molecular flexibility index (Phi) is 30.2. The van der Waals surface area contributed by atoms with Crippen LogP contribution in [0.15, 0.2) is 277 Å². The van der Waals surface area contributed by atoms with E-state index in [1.165, 1.54) is 101 Å². The molecular weight excluding hydrogens is 1380 g/mol. The van der Waals surface area contributed by atoms with Crippen molar-refractivity contribution in [1.82, 2.24) is 0 Å². The van der Waals surface area contributed by atoms with Crippen LogP contribution in [0.3, 0.4) is 0 Å². The fourth-order valence-electron chi connectivity index (χ4n) is 10.4. The fraction of sp³-hybridized carbons (Fsp3) is 0.200. The monoisotopic (exact) mass is 1470 g/mol. The number of benzene rings is 12. The summed E-state index contributed by atoms with van der Waals surface area (Å²) < 4.78 is 88.0. The van der Waals surface area contributed by atoms with Gasteiger partial charge >= 0.3 is 12.4 Å². The highest BCUT2D eigenvalue weighted by Crippen LogP contribution is 2.56. The quantitative estimate of drug-likeness (QED) is 0.113. The van der Waals surface area contributed by atoms with Crippen LogP contribution in [0.5, 0.6) is 11.5 Å². The highest BCUT2D eigenvalue weighted by atomic mass is 35.5. The third-order valence-electron chi connectivity index (χ3n) is 16.8. The van der Waals surface area contributed by atoms with Crippen molar-refractivity contribution in [2.45, 2.75) is 130 Å². The van der Waals surface area contributed by atoms with Gasteiger partial charge in [-0.05, 0) is 200 Å². The van der Waals surface area contributed by atoms with Gasteiger partial charge in [0.05, 0.1) is 20.1 Å². The summed E-state index contributed by atoms with van der Waals surface area (Å²) in [5.74, 6) is 1.76. The van der Waals surface area contributed by atoms with Crippen LogP contribution in [0.25, 0.3) is 0 Å². The standard InChI is InChI=1S/C17H14F6.C15H12Cl4.2C15H16.C14H14O.C14H14S/c1-11-3-7-13(8-4-11)15(16(18,19)20,17(21,22)23)14-9-5-12(2)6-10-14;1-8-3-5-10(14(18)12(8)16)7-11-6-4-9(2)13(17)15(11)19;2*1-12-3-7-14(8-4-12)11-15-9-5-13(2)6-10-15;2*1-11-3-7-13(8-4-11)15-14-9-5-12(2)6-10-14/h3-10H,1-2H3;3-6H,7H2,1-2H3;2*3-10H,11H2,1-2H3;2*3-10H,1-2H3. The predicted molar refractivity (Wildman–Crippen MR) is 420 cm³/mol. The molecule has 0 aliphatic rings. The SMILES string of the molecule is Cc1ccc(C(c2ccc(C)cc2)(C(F)(F)F)C(F)(F)F)cc1.Cc1ccc(Cc2ccc(C)c(Cl)c2Cl)c(Cl)c1Cl.Cc1ccc(Cc2ccc(C)cc2)cc1.Cc1ccc(Cc2ccc(C)cc2)cc1.Cc1ccc(Oc2ccc(C)cc2)cc1.Cc1ccc(Sc2ccc(C)cc2)cc1. The molecule has 1 nitrogen and oxygen atoms in total. The van der Waals surface area contributed by atoms with Crippen molar-refractivity contribution in [3.05, 3.63) is 398 Å². The highest BCUT2D eigenvalue weighted by Gasteiger charge is 2.72. The minimum absolute atomic E-state index is 0.578. The number of hydrogen-bond acceptors (Lipinski definition) is 2. The molecule has 0 saturated heterocycles. The summed E-state index contributed by atoms with van der Waals surface area (Å²) >= 11 is 26.6. The van der Waals surface area contributed by atoms with E-state index in [0.29, 0.717) is 37.6 Å². The predicted octanol–water partition coefficient (Wildman–Crippen LogP) is 28.6.